The van der Waals surface area contributed by atoms with E-state index in [-0.39, 0.29) is 24.5 Å². The second kappa shape index (κ2) is 10.3. The van der Waals surface area contributed by atoms with E-state index in [0.717, 1.165) is 10.1 Å². The van der Waals surface area contributed by atoms with Gasteiger partial charge < -0.3 is 0 Å². The van der Waals surface area contributed by atoms with Gasteiger partial charge >= 0.3 is 5.69 Å². The predicted octanol–water partition coefficient (Wildman–Crippen LogP) is 3.40. The normalized spacial score (nSPS) is 10.7. The number of carbonyl (C=O) groups is 1. The molecule has 0 N–H and O–H groups in total. The maximum Gasteiger partial charge on any atom is 0.331 e. The van der Waals surface area contributed by atoms with Gasteiger partial charge in [0, 0.05) is 23.7 Å². The number of aromatic nitrogens is 3. The summed E-state index contributed by atoms with van der Waals surface area (Å²) < 4.78 is 15.3. The number of nitrogens with zero attached hydrogens (tertiary/aromatic N) is 5. The van der Waals surface area contributed by atoms with Gasteiger partial charge in [0.2, 0.25) is 5.91 Å². The molecule has 0 saturated heterocycles. The van der Waals surface area contributed by atoms with Crippen molar-refractivity contribution in [2.45, 2.75) is 26.6 Å². The Hall–Kier alpha value is -4.36. The Labute approximate surface area is 203 Å². The summed E-state index contributed by atoms with van der Waals surface area (Å²) in [5.41, 5.74) is 0.361. The summed E-state index contributed by atoms with van der Waals surface area (Å²) in [6, 6.07) is 16.9. The van der Waals surface area contributed by atoms with E-state index in [2.05, 4.69) is 4.98 Å². The minimum Gasteiger partial charge on any atom is -0.299 e. The third-order valence-corrected chi connectivity index (χ3v) is 6.20. The average molecular weight is 490 g/mol. The molecule has 0 bridgehead atoms. The molecule has 0 saturated carbocycles. The summed E-state index contributed by atoms with van der Waals surface area (Å²) in [6.45, 7) is 1.55. The van der Waals surface area contributed by atoms with E-state index in [9.17, 15) is 24.0 Å². The first-order chi connectivity index (χ1) is 16.9. The highest BCUT2D eigenvalue weighted by Crippen LogP contribution is 2.29. The lowest BCUT2D eigenvalue weighted by molar-refractivity contribution is -0.119. The van der Waals surface area contributed by atoms with Crippen molar-refractivity contribution in [2.24, 2.45) is 0 Å². The Morgan fingerprint density at radius 1 is 1.14 bits per heavy atom. The Bertz CT molecular complexity index is 1520. The number of hydrogen-bond donors (Lipinski definition) is 0. The minimum absolute atomic E-state index is 0.157. The number of carbonyl (C=O) groups excluding carboxylic acids is 1. The fourth-order valence-corrected chi connectivity index (χ4v) is 4.34. The lowest BCUT2D eigenvalue weighted by atomic mass is 10.2. The van der Waals surface area contributed by atoms with Gasteiger partial charge in [0.15, 0.2) is 5.13 Å². The third kappa shape index (κ3) is 5.10. The number of thiazole rings is 1. The number of aryl methyl sites for hydroxylation is 1. The van der Waals surface area contributed by atoms with Crippen molar-refractivity contribution in [3.63, 3.8) is 0 Å². The second-order valence-electron chi connectivity index (χ2n) is 7.60. The lowest BCUT2D eigenvalue weighted by Crippen LogP contribution is -2.45. The molecule has 2 aromatic heterocycles. The van der Waals surface area contributed by atoms with Gasteiger partial charge in [-0.2, -0.15) is 5.26 Å². The molecule has 0 aliphatic rings. The molecule has 0 atom stereocenters. The Balaban J connectivity index is 1.73. The van der Waals surface area contributed by atoms with Crippen LogP contribution in [0, 0.1) is 17.1 Å². The zero-order valence-electron chi connectivity index (χ0n) is 18.7. The summed E-state index contributed by atoms with van der Waals surface area (Å²) in [5.74, 6) is -0.904. The zero-order valence-corrected chi connectivity index (χ0v) is 19.5. The number of benzene rings is 2. The molecule has 8 nitrogen and oxygen atoms in total. The molecule has 4 aromatic rings. The van der Waals surface area contributed by atoms with Crippen LogP contribution in [-0.4, -0.2) is 20.0 Å². The van der Waals surface area contributed by atoms with Gasteiger partial charge in [-0.1, -0.05) is 30.3 Å². The van der Waals surface area contributed by atoms with E-state index in [1.165, 1.54) is 39.1 Å². The quantitative estimate of drug-likeness (QED) is 0.396. The molecule has 0 spiro atoms. The first-order valence-electron chi connectivity index (χ1n) is 10.7. The highest BCUT2D eigenvalue weighted by molar-refractivity contribution is 7.14. The monoisotopic (exact) mass is 489 g/mol. The molecule has 10 heteroatoms. The molecule has 0 radical (unpaired) electrons. The molecule has 0 aliphatic carbocycles. The topological polar surface area (TPSA) is 101 Å². The molecule has 2 heterocycles. The zero-order chi connectivity index (χ0) is 24.9. The van der Waals surface area contributed by atoms with E-state index in [1.54, 1.807) is 30.5 Å². The van der Waals surface area contributed by atoms with Gasteiger partial charge in [-0.15, -0.1) is 11.3 Å². The highest BCUT2D eigenvalue weighted by Gasteiger charge is 2.23. The van der Waals surface area contributed by atoms with Gasteiger partial charge in [-0.3, -0.25) is 19.1 Å². The summed E-state index contributed by atoms with van der Waals surface area (Å²) >= 11 is 1.22. The van der Waals surface area contributed by atoms with Gasteiger partial charge in [0.1, 0.15) is 24.0 Å². The summed E-state index contributed by atoms with van der Waals surface area (Å²) in [7, 11) is 0. The Kier molecular flexibility index (Phi) is 6.98. The van der Waals surface area contributed by atoms with Gasteiger partial charge in [-0.05, 0) is 36.8 Å². The fraction of sp³-hybridized carbons (Fsp3) is 0.160. The molecule has 0 fully saturated rings. The predicted molar refractivity (Wildman–Crippen MR) is 130 cm³/mol. The van der Waals surface area contributed by atoms with Crippen molar-refractivity contribution >= 4 is 22.4 Å². The highest BCUT2D eigenvalue weighted by atomic mass is 32.1. The van der Waals surface area contributed by atoms with Crippen LogP contribution in [0.4, 0.5) is 9.52 Å². The van der Waals surface area contributed by atoms with Crippen LogP contribution < -0.4 is 16.1 Å². The standard InChI is InChI=1S/C25H20FN5O3S/c1-2-29-14-19(12-27)23(33)31(25(29)34)15-22(32)30(13-17-6-4-3-5-7-17)24-28-21(16-35-24)18-8-10-20(26)11-9-18/h3-11,14,16H,2,13,15H2,1H3. The van der Waals surface area contributed by atoms with Crippen molar-refractivity contribution in [1.82, 2.24) is 14.1 Å². The minimum atomic E-state index is -0.818. The van der Waals surface area contributed by atoms with E-state index in [1.807, 2.05) is 30.3 Å². The van der Waals surface area contributed by atoms with Gasteiger partial charge in [-0.25, -0.2) is 18.7 Å². The van der Waals surface area contributed by atoms with Crippen molar-refractivity contribution in [3.05, 3.63) is 104 Å². The first-order valence-corrected chi connectivity index (χ1v) is 11.6. The van der Waals surface area contributed by atoms with Crippen LogP contribution in [0.3, 0.4) is 0 Å². The van der Waals surface area contributed by atoms with Crippen molar-refractivity contribution in [1.29, 1.82) is 5.26 Å². The maximum atomic E-state index is 13.5. The average Bonchev–Trinajstić information content (AvgIpc) is 3.36. The molecule has 2 aromatic carbocycles. The van der Waals surface area contributed by atoms with Crippen LogP contribution in [0.1, 0.15) is 18.1 Å². The molecule has 35 heavy (non-hydrogen) atoms. The van der Waals surface area contributed by atoms with Crippen LogP contribution in [0.5, 0.6) is 0 Å². The van der Waals surface area contributed by atoms with E-state index in [0.29, 0.717) is 16.4 Å². The maximum absolute atomic E-state index is 13.5. The lowest BCUT2D eigenvalue weighted by Gasteiger charge is -2.21. The summed E-state index contributed by atoms with van der Waals surface area (Å²) in [4.78, 5) is 44.9. The number of nitriles is 1. The SMILES string of the molecule is CCn1cc(C#N)c(=O)n(CC(=O)N(Cc2ccccc2)c2nc(-c3ccc(F)cc3)cs2)c1=O. The van der Waals surface area contributed by atoms with E-state index < -0.39 is 23.7 Å². The number of halogens is 1. The summed E-state index contributed by atoms with van der Waals surface area (Å²) in [5, 5.41) is 11.4. The van der Waals surface area contributed by atoms with Gasteiger partial charge in [0.25, 0.3) is 5.56 Å². The van der Waals surface area contributed by atoms with E-state index >= 15 is 0 Å². The van der Waals surface area contributed by atoms with Gasteiger partial charge in [0.05, 0.1) is 12.2 Å². The Morgan fingerprint density at radius 2 is 1.86 bits per heavy atom. The molecule has 0 aliphatic heterocycles. The Morgan fingerprint density at radius 3 is 2.51 bits per heavy atom. The van der Waals surface area contributed by atoms with Crippen LogP contribution >= 0.6 is 11.3 Å². The molecular weight excluding hydrogens is 469 g/mol. The largest absolute Gasteiger partial charge is 0.331 e. The van der Waals surface area contributed by atoms with Crippen LogP contribution in [0.2, 0.25) is 0 Å². The van der Waals surface area contributed by atoms with Crippen molar-refractivity contribution in [3.8, 4) is 17.3 Å². The number of anilines is 1. The fourth-order valence-electron chi connectivity index (χ4n) is 3.49. The smallest absolute Gasteiger partial charge is 0.299 e. The first kappa shape index (κ1) is 23.8. The number of amides is 1. The molecule has 0 unspecified atom stereocenters. The number of hydrogen-bond acceptors (Lipinski definition) is 6. The van der Waals surface area contributed by atoms with Crippen LogP contribution in [0.25, 0.3) is 11.3 Å². The van der Waals surface area contributed by atoms with Crippen molar-refractivity contribution < 1.29 is 9.18 Å². The second-order valence-corrected chi connectivity index (χ2v) is 8.44. The van der Waals surface area contributed by atoms with Crippen LogP contribution in [0.15, 0.2) is 75.8 Å². The number of rotatable bonds is 7. The molecule has 4 rings (SSSR count). The summed E-state index contributed by atoms with van der Waals surface area (Å²) in [6.07, 6.45) is 1.20. The molecule has 176 valence electrons. The molecule has 1 amide bonds. The third-order valence-electron chi connectivity index (χ3n) is 5.34. The van der Waals surface area contributed by atoms with E-state index in [4.69, 9.17) is 0 Å². The molecular formula is C25H20FN5O3S. The van der Waals surface area contributed by atoms with Crippen LogP contribution in [-0.2, 0) is 24.4 Å². The van der Waals surface area contributed by atoms with Crippen molar-refractivity contribution in [2.75, 3.05) is 4.90 Å².